The van der Waals surface area contributed by atoms with Crippen LogP contribution < -0.4 is 0 Å². The lowest BCUT2D eigenvalue weighted by molar-refractivity contribution is 0.0763. The van der Waals surface area contributed by atoms with Crippen molar-refractivity contribution in [1.82, 2.24) is 14.9 Å². The molecular formula is C19H16FN3OS. The lowest BCUT2D eigenvalue weighted by Gasteiger charge is -2.20. The Morgan fingerprint density at radius 2 is 1.88 bits per heavy atom. The fourth-order valence-electron chi connectivity index (χ4n) is 3.15. The maximum Gasteiger partial charge on any atom is 0.253 e. The Balaban J connectivity index is 1.59. The molecule has 3 aromatic rings. The zero-order valence-corrected chi connectivity index (χ0v) is 14.3. The van der Waals surface area contributed by atoms with Gasteiger partial charge in [0.25, 0.3) is 5.91 Å². The summed E-state index contributed by atoms with van der Waals surface area (Å²) < 4.78 is 13.1. The molecule has 1 amide bonds. The van der Waals surface area contributed by atoms with Gasteiger partial charge in [-0.05, 0) is 42.1 Å². The van der Waals surface area contributed by atoms with E-state index in [-0.39, 0.29) is 11.7 Å². The first-order valence-electron chi connectivity index (χ1n) is 8.12. The molecule has 4 nitrogen and oxygen atoms in total. The Labute approximate surface area is 149 Å². The molecule has 0 atom stereocenters. The van der Waals surface area contributed by atoms with E-state index in [9.17, 15) is 9.18 Å². The number of halogens is 1. The van der Waals surface area contributed by atoms with E-state index in [2.05, 4.69) is 21.4 Å². The molecule has 3 heterocycles. The van der Waals surface area contributed by atoms with Gasteiger partial charge in [0.2, 0.25) is 0 Å². The number of hydrogen-bond acceptors (Lipinski definition) is 4. The number of fused-ring (bicyclic) bond motifs is 1. The van der Waals surface area contributed by atoms with Crippen molar-refractivity contribution in [3.63, 3.8) is 0 Å². The van der Waals surface area contributed by atoms with Crippen molar-refractivity contribution in [2.75, 3.05) is 13.1 Å². The average Bonchev–Trinajstić information content (AvgIpc) is 3.08. The van der Waals surface area contributed by atoms with Gasteiger partial charge in [-0.2, -0.15) is 11.3 Å². The van der Waals surface area contributed by atoms with Crippen LogP contribution in [0.5, 0.6) is 0 Å². The van der Waals surface area contributed by atoms with Crippen LogP contribution in [0.15, 0.2) is 47.4 Å². The monoisotopic (exact) mass is 353 g/mol. The van der Waals surface area contributed by atoms with Gasteiger partial charge >= 0.3 is 0 Å². The van der Waals surface area contributed by atoms with Crippen molar-refractivity contribution in [2.45, 2.75) is 12.8 Å². The average molecular weight is 353 g/mol. The van der Waals surface area contributed by atoms with Crippen LogP contribution >= 0.6 is 11.3 Å². The molecule has 6 heteroatoms. The third kappa shape index (κ3) is 3.17. The number of nitrogens with zero attached hydrogens (tertiary/aromatic N) is 3. The van der Waals surface area contributed by atoms with Crippen LogP contribution in [0.2, 0.25) is 0 Å². The predicted octanol–water partition coefficient (Wildman–Crippen LogP) is 3.59. The Hall–Kier alpha value is -2.60. The summed E-state index contributed by atoms with van der Waals surface area (Å²) in [5.41, 5.74) is 4.70. The van der Waals surface area contributed by atoms with Crippen molar-refractivity contribution < 1.29 is 9.18 Å². The molecule has 126 valence electrons. The van der Waals surface area contributed by atoms with E-state index in [4.69, 9.17) is 0 Å². The van der Waals surface area contributed by atoms with E-state index in [0.717, 1.165) is 22.5 Å². The van der Waals surface area contributed by atoms with E-state index in [1.807, 2.05) is 10.3 Å². The number of thiophene rings is 1. The molecule has 0 saturated heterocycles. The fraction of sp³-hybridized carbons (Fsp3) is 0.211. The minimum absolute atomic E-state index is 0.0714. The Bertz CT molecular complexity index is 894. The van der Waals surface area contributed by atoms with E-state index in [1.54, 1.807) is 17.7 Å². The Morgan fingerprint density at radius 3 is 2.64 bits per heavy atom. The molecule has 0 spiro atoms. The van der Waals surface area contributed by atoms with Crippen LogP contribution in [0.3, 0.4) is 0 Å². The van der Waals surface area contributed by atoms with E-state index in [0.29, 0.717) is 31.5 Å². The lowest BCUT2D eigenvalue weighted by Crippen LogP contribution is -2.33. The van der Waals surface area contributed by atoms with E-state index >= 15 is 0 Å². The molecule has 0 radical (unpaired) electrons. The summed E-state index contributed by atoms with van der Waals surface area (Å²) in [4.78, 5) is 23.4. The second-order valence-electron chi connectivity index (χ2n) is 5.96. The van der Waals surface area contributed by atoms with Gasteiger partial charge in [-0.3, -0.25) is 4.79 Å². The molecule has 0 fully saturated rings. The summed E-state index contributed by atoms with van der Waals surface area (Å²) in [7, 11) is 0. The second kappa shape index (κ2) is 6.72. The van der Waals surface area contributed by atoms with Gasteiger partial charge in [0.1, 0.15) is 12.1 Å². The molecule has 1 aromatic carbocycles. The summed E-state index contributed by atoms with van der Waals surface area (Å²) in [5.74, 6) is -0.409. The predicted molar refractivity (Wildman–Crippen MR) is 95.1 cm³/mol. The molecule has 0 aliphatic carbocycles. The van der Waals surface area contributed by atoms with Crippen molar-refractivity contribution in [2.24, 2.45) is 0 Å². The summed E-state index contributed by atoms with van der Waals surface area (Å²) in [6.45, 7) is 1.21. The summed E-state index contributed by atoms with van der Waals surface area (Å²) in [5, 5.41) is 4.11. The molecule has 25 heavy (non-hydrogen) atoms. The molecule has 0 N–H and O–H groups in total. The van der Waals surface area contributed by atoms with Gasteiger partial charge in [0.05, 0.1) is 5.69 Å². The third-order valence-electron chi connectivity index (χ3n) is 4.46. The van der Waals surface area contributed by atoms with Gasteiger partial charge in [0, 0.05) is 47.3 Å². The summed E-state index contributed by atoms with van der Waals surface area (Å²) in [6.07, 6.45) is 3.01. The minimum atomic E-state index is -0.337. The smallest absolute Gasteiger partial charge is 0.253 e. The van der Waals surface area contributed by atoms with Crippen LogP contribution in [-0.2, 0) is 12.8 Å². The number of carbonyl (C=O) groups excluding carboxylic acids is 1. The molecule has 2 aromatic heterocycles. The van der Waals surface area contributed by atoms with Gasteiger partial charge in [-0.25, -0.2) is 14.4 Å². The molecule has 1 aliphatic heterocycles. The standard InChI is InChI=1S/C19H16FN3OS/c20-15-3-1-13(2-4-15)19(24)23-8-5-16-17(6-9-23)21-12-22-18(16)14-7-10-25-11-14/h1-4,7,10-12H,5-6,8-9H2. The van der Waals surface area contributed by atoms with Crippen molar-refractivity contribution in [1.29, 1.82) is 0 Å². The quantitative estimate of drug-likeness (QED) is 0.707. The number of benzene rings is 1. The zero-order valence-electron chi connectivity index (χ0n) is 13.5. The Kier molecular flexibility index (Phi) is 4.28. The third-order valence-corrected chi connectivity index (χ3v) is 5.14. The first kappa shape index (κ1) is 15.9. The minimum Gasteiger partial charge on any atom is -0.338 e. The lowest BCUT2D eigenvalue weighted by atomic mass is 10.0. The second-order valence-corrected chi connectivity index (χ2v) is 6.74. The van der Waals surface area contributed by atoms with Crippen LogP contribution in [0.25, 0.3) is 11.3 Å². The first-order valence-corrected chi connectivity index (χ1v) is 9.07. The maximum atomic E-state index is 13.1. The summed E-state index contributed by atoms with van der Waals surface area (Å²) in [6, 6.07) is 7.76. The molecular weight excluding hydrogens is 337 g/mol. The van der Waals surface area contributed by atoms with Crippen LogP contribution in [0.1, 0.15) is 21.6 Å². The van der Waals surface area contributed by atoms with Crippen molar-refractivity contribution in [3.8, 4) is 11.3 Å². The number of hydrogen-bond donors (Lipinski definition) is 0. The highest BCUT2D eigenvalue weighted by Crippen LogP contribution is 2.27. The van der Waals surface area contributed by atoms with Crippen LogP contribution in [0, 0.1) is 5.82 Å². The highest BCUT2D eigenvalue weighted by molar-refractivity contribution is 7.08. The highest BCUT2D eigenvalue weighted by atomic mass is 32.1. The largest absolute Gasteiger partial charge is 0.338 e. The van der Waals surface area contributed by atoms with E-state index in [1.165, 1.54) is 24.3 Å². The van der Waals surface area contributed by atoms with Crippen molar-refractivity contribution in [3.05, 3.63) is 70.1 Å². The molecule has 0 saturated carbocycles. The molecule has 0 unspecified atom stereocenters. The van der Waals surface area contributed by atoms with Gasteiger partial charge in [-0.1, -0.05) is 0 Å². The fourth-order valence-corrected chi connectivity index (χ4v) is 3.79. The zero-order chi connectivity index (χ0) is 17.2. The number of rotatable bonds is 2. The maximum absolute atomic E-state index is 13.1. The van der Waals surface area contributed by atoms with E-state index < -0.39 is 0 Å². The first-order chi connectivity index (χ1) is 12.2. The Morgan fingerprint density at radius 1 is 1.08 bits per heavy atom. The van der Waals surface area contributed by atoms with Crippen molar-refractivity contribution >= 4 is 17.2 Å². The number of aromatic nitrogens is 2. The molecule has 4 rings (SSSR count). The van der Waals surface area contributed by atoms with Gasteiger partial charge < -0.3 is 4.90 Å². The molecule has 0 bridgehead atoms. The SMILES string of the molecule is O=C(c1ccc(F)cc1)N1CCc2ncnc(-c3ccsc3)c2CC1. The summed E-state index contributed by atoms with van der Waals surface area (Å²) >= 11 is 1.64. The number of amides is 1. The van der Waals surface area contributed by atoms with Gasteiger partial charge in [0.15, 0.2) is 0 Å². The van der Waals surface area contributed by atoms with Crippen LogP contribution in [-0.4, -0.2) is 33.9 Å². The number of carbonyl (C=O) groups is 1. The van der Waals surface area contributed by atoms with Gasteiger partial charge in [-0.15, -0.1) is 0 Å². The van der Waals surface area contributed by atoms with Crippen LogP contribution in [0.4, 0.5) is 4.39 Å². The highest BCUT2D eigenvalue weighted by Gasteiger charge is 2.23. The normalized spacial score (nSPS) is 14.0. The topological polar surface area (TPSA) is 46.1 Å². The molecule has 1 aliphatic rings.